The van der Waals surface area contributed by atoms with Crippen LogP contribution in [0.15, 0.2) is 42.5 Å². The van der Waals surface area contributed by atoms with Gasteiger partial charge in [0, 0.05) is 5.56 Å². The Morgan fingerprint density at radius 2 is 1.79 bits per heavy atom. The first-order valence-electron chi connectivity index (χ1n) is 6.04. The van der Waals surface area contributed by atoms with Gasteiger partial charge in [0.1, 0.15) is 5.82 Å². The highest BCUT2D eigenvalue weighted by molar-refractivity contribution is 6.33. The number of hydrogen-bond acceptors (Lipinski definition) is 1. The SMILES string of the molecule is Cc1cc(F)ccc1-c1ccc(C(=O)C(C)Cl)cc1. The van der Waals surface area contributed by atoms with E-state index in [9.17, 15) is 9.18 Å². The molecular formula is C16H14ClFO. The third-order valence-corrected chi connectivity index (χ3v) is 3.23. The lowest BCUT2D eigenvalue weighted by Crippen LogP contribution is -2.09. The summed E-state index contributed by atoms with van der Waals surface area (Å²) in [5.74, 6) is -0.340. The van der Waals surface area contributed by atoms with Crippen molar-refractivity contribution >= 4 is 17.4 Å². The average Bonchev–Trinajstić information content (AvgIpc) is 2.38. The number of carbonyl (C=O) groups excluding carboxylic acids is 1. The Hall–Kier alpha value is -1.67. The van der Waals surface area contributed by atoms with Crippen LogP contribution in [0.2, 0.25) is 0 Å². The molecule has 0 bridgehead atoms. The van der Waals surface area contributed by atoms with Crippen LogP contribution < -0.4 is 0 Å². The minimum absolute atomic E-state index is 0.0935. The van der Waals surface area contributed by atoms with Gasteiger partial charge < -0.3 is 0 Å². The van der Waals surface area contributed by atoms with Crippen LogP contribution in [0.3, 0.4) is 0 Å². The van der Waals surface area contributed by atoms with E-state index in [0.29, 0.717) is 5.56 Å². The summed E-state index contributed by atoms with van der Waals surface area (Å²) in [6.45, 7) is 3.51. The molecule has 0 heterocycles. The molecule has 1 nitrogen and oxygen atoms in total. The van der Waals surface area contributed by atoms with Crippen molar-refractivity contribution in [3.05, 3.63) is 59.4 Å². The van der Waals surface area contributed by atoms with Crippen LogP contribution in [-0.4, -0.2) is 11.2 Å². The molecule has 2 aromatic rings. The fourth-order valence-corrected chi connectivity index (χ4v) is 2.12. The van der Waals surface area contributed by atoms with Gasteiger partial charge in [0.05, 0.1) is 5.38 Å². The second-order valence-electron chi connectivity index (χ2n) is 4.52. The first kappa shape index (κ1) is 13.8. The van der Waals surface area contributed by atoms with Gasteiger partial charge in [-0.2, -0.15) is 0 Å². The zero-order chi connectivity index (χ0) is 14.0. The van der Waals surface area contributed by atoms with Crippen molar-refractivity contribution in [2.24, 2.45) is 0 Å². The number of alkyl halides is 1. The Bertz CT molecular complexity index is 603. The molecule has 1 atom stereocenters. The number of hydrogen-bond donors (Lipinski definition) is 0. The summed E-state index contributed by atoms with van der Waals surface area (Å²) in [6, 6.07) is 11.9. The maximum atomic E-state index is 13.1. The third-order valence-electron chi connectivity index (χ3n) is 3.03. The van der Waals surface area contributed by atoms with Crippen LogP contribution in [0.5, 0.6) is 0 Å². The normalized spacial score (nSPS) is 12.2. The molecule has 0 aliphatic carbocycles. The van der Waals surface area contributed by atoms with Gasteiger partial charge in [0.15, 0.2) is 5.78 Å². The lowest BCUT2D eigenvalue weighted by atomic mass is 9.98. The lowest BCUT2D eigenvalue weighted by molar-refractivity contribution is 0.0992. The largest absolute Gasteiger partial charge is 0.293 e. The average molecular weight is 277 g/mol. The van der Waals surface area contributed by atoms with Crippen molar-refractivity contribution in [3.63, 3.8) is 0 Å². The third kappa shape index (κ3) is 3.02. The van der Waals surface area contributed by atoms with Crippen molar-refractivity contribution in [2.75, 3.05) is 0 Å². The van der Waals surface area contributed by atoms with E-state index in [2.05, 4.69) is 0 Å². The van der Waals surface area contributed by atoms with E-state index in [-0.39, 0.29) is 11.6 Å². The molecule has 3 heteroatoms. The highest BCUT2D eigenvalue weighted by Gasteiger charge is 2.12. The van der Waals surface area contributed by atoms with Crippen molar-refractivity contribution < 1.29 is 9.18 Å². The molecule has 1 unspecified atom stereocenters. The number of halogens is 2. The van der Waals surface area contributed by atoms with Gasteiger partial charge in [-0.05, 0) is 42.7 Å². The molecule has 0 saturated carbocycles. The van der Waals surface area contributed by atoms with Gasteiger partial charge in [0.2, 0.25) is 0 Å². The van der Waals surface area contributed by atoms with Crippen molar-refractivity contribution in [3.8, 4) is 11.1 Å². The second kappa shape index (κ2) is 5.54. The van der Waals surface area contributed by atoms with E-state index >= 15 is 0 Å². The Kier molecular flexibility index (Phi) is 4.01. The van der Waals surface area contributed by atoms with E-state index < -0.39 is 5.38 Å². The Morgan fingerprint density at radius 3 is 2.32 bits per heavy atom. The van der Waals surface area contributed by atoms with Gasteiger partial charge in [-0.3, -0.25) is 4.79 Å². The highest BCUT2D eigenvalue weighted by atomic mass is 35.5. The van der Waals surface area contributed by atoms with Crippen LogP contribution in [0.25, 0.3) is 11.1 Å². The molecule has 0 aliphatic heterocycles. The molecule has 0 spiro atoms. The van der Waals surface area contributed by atoms with Crippen LogP contribution >= 0.6 is 11.6 Å². The predicted octanol–water partition coefficient (Wildman–Crippen LogP) is 4.61. The highest BCUT2D eigenvalue weighted by Crippen LogP contribution is 2.24. The minimum atomic E-state index is -0.529. The van der Waals surface area contributed by atoms with Crippen molar-refractivity contribution in [2.45, 2.75) is 19.2 Å². The predicted molar refractivity (Wildman–Crippen MR) is 76.2 cm³/mol. The van der Waals surface area contributed by atoms with Crippen molar-refractivity contribution in [1.29, 1.82) is 0 Å². The summed E-state index contributed by atoms with van der Waals surface area (Å²) in [7, 11) is 0. The fraction of sp³-hybridized carbons (Fsp3) is 0.188. The van der Waals surface area contributed by atoms with E-state index in [1.807, 2.05) is 19.1 Å². The van der Waals surface area contributed by atoms with Gasteiger partial charge >= 0.3 is 0 Å². The van der Waals surface area contributed by atoms with Gasteiger partial charge in [0.25, 0.3) is 0 Å². The fourth-order valence-electron chi connectivity index (χ4n) is 1.99. The molecule has 98 valence electrons. The molecule has 0 N–H and O–H groups in total. The number of benzene rings is 2. The van der Waals surface area contributed by atoms with E-state index in [4.69, 9.17) is 11.6 Å². The first-order chi connectivity index (χ1) is 8.99. The van der Waals surface area contributed by atoms with E-state index in [1.165, 1.54) is 12.1 Å². The maximum absolute atomic E-state index is 13.1. The zero-order valence-electron chi connectivity index (χ0n) is 10.8. The number of ketones is 1. The Morgan fingerprint density at radius 1 is 1.16 bits per heavy atom. The molecule has 0 amide bonds. The summed E-state index contributed by atoms with van der Waals surface area (Å²) in [6.07, 6.45) is 0. The van der Waals surface area contributed by atoms with Gasteiger partial charge in [-0.15, -0.1) is 11.6 Å². The molecule has 0 aliphatic rings. The summed E-state index contributed by atoms with van der Waals surface area (Å²) in [5, 5.41) is -0.529. The molecule has 0 radical (unpaired) electrons. The summed E-state index contributed by atoms with van der Waals surface area (Å²) in [4.78, 5) is 11.7. The summed E-state index contributed by atoms with van der Waals surface area (Å²) >= 11 is 5.77. The summed E-state index contributed by atoms with van der Waals surface area (Å²) in [5.41, 5.74) is 3.37. The standard InChI is InChI=1S/C16H14ClFO/c1-10-9-14(18)7-8-15(10)12-3-5-13(6-4-12)16(19)11(2)17/h3-9,11H,1-2H3. The van der Waals surface area contributed by atoms with Crippen LogP contribution in [0, 0.1) is 12.7 Å². The zero-order valence-corrected chi connectivity index (χ0v) is 11.5. The number of rotatable bonds is 3. The Labute approximate surface area is 117 Å². The number of Topliss-reactive ketones (excluding diaryl/α,β-unsaturated/α-hetero) is 1. The molecule has 19 heavy (non-hydrogen) atoms. The van der Waals surface area contributed by atoms with Crippen LogP contribution in [-0.2, 0) is 0 Å². The van der Waals surface area contributed by atoms with Gasteiger partial charge in [-0.25, -0.2) is 4.39 Å². The summed E-state index contributed by atoms with van der Waals surface area (Å²) < 4.78 is 13.1. The molecule has 0 saturated heterocycles. The van der Waals surface area contributed by atoms with Crippen LogP contribution in [0.4, 0.5) is 4.39 Å². The quantitative estimate of drug-likeness (QED) is 0.591. The molecule has 0 fully saturated rings. The second-order valence-corrected chi connectivity index (χ2v) is 5.17. The Balaban J connectivity index is 2.35. The topological polar surface area (TPSA) is 17.1 Å². The number of carbonyl (C=O) groups is 1. The number of aryl methyl sites for hydroxylation is 1. The first-order valence-corrected chi connectivity index (χ1v) is 6.47. The minimum Gasteiger partial charge on any atom is -0.293 e. The maximum Gasteiger partial charge on any atom is 0.180 e. The van der Waals surface area contributed by atoms with E-state index in [0.717, 1.165) is 16.7 Å². The molecular weight excluding hydrogens is 263 g/mol. The molecule has 0 aromatic heterocycles. The lowest BCUT2D eigenvalue weighted by Gasteiger charge is -2.08. The smallest absolute Gasteiger partial charge is 0.180 e. The monoisotopic (exact) mass is 276 g/mol. The molecule has 2 aromatic carbocycles. The van der Waals surface area contributed by atoms with Crippen molar-refractivity contribution in [1.82, 2.24) is 0 Å². The van der Waals surface area contributed by atoms with E-state index in [1.54, 1.807) is 25.1 Å². The van der Waals surface area contributed by atoms with Gasteiger partial charge in [-0.1, -0.05) is 30.3 Å². The van der Waals surface area contributed by atoms with Crippen LogP contribution in [0.1, 0.15) is 22.8 Å². The molecule has 2 rings (SSSR count).